The van der Waals surface area contributed by atoms with Gasteiger partial charge in [0.15, 0.2) is 0 Å². The number of piperazine rings is 1. The summed E-state index contributed by atoms with van der Waals surface area (Å²) in [7, 11) is 0. The fourth-order valence-corrected chi connectivity index (χ4v) is 2.51. The predicted molar refractivity (Wildman–Crippen MR) is 74.7 cm³/mol. The van der Waals surface area contributed by atoms with E-state index < -0.39 is 5.97 Å². The fraction of sp³-hybridized carbons (Fsp3) is 0.571. The van der Waals surface area contributed by atoms with Gasteiger partial charge in [-0.15, -0.1) is 0 Å². The molecule has 5 nitrogen and oxygen atoms in total. The van der Waals surface area contributed by atoms with Gasteiger partial charge in [-0.25, -0.2) is 4.79 Å². The van der Waals surface area contributed by atoms with Crippen molar-refractivity contribution in [1.82, 2.24) is 9.88 Å². The van der Waals surface area contributed by atoms with Gasteiger partial charge in [0.2, 0.25) is 0 Å². The first kappa shape index (κ1) is 13.8. The van der Waals surface area contributed by atoms with Crippen molar-refractivity contribution in [3.8, 4) is 0 Å². The summed E-state index contributed by atoms with van der Waals surface area (Å²) in [5, 5.41) is 9.20. The van der Waals surface area contributed by atoms with Crippen LogP contribution in [0.4, 0.5) is 5.69 Å². The molecule has 0 aliphatic carbocycles. The molecule has 2 rings (SSSR count). The highest BCUT2D eigenvalue weighted by Gasteiger charge is 2.21. The van der Waals surface area contributed by atoms with Crippen LogP contribution in [0.15, 0.2) is 18.5 Å². The highest BCUT2D eigenvalue weighted by atomic mass is 16.4. The molecule has 0 amide bonds. The van der Waals surface area contributed by atoms with Crippen LogP contribution in [0, 0.1) is 5.92 Å². The zero-order chi connectivity index (χ0) is 13.8. The van der Waals surface area contributed by atoms with Crippen molar-refractivity contribution in [2.24, 2.45) is 5.92 Å². The van der Waals surface area contributed by atoms with Crippen LogP contribution >= 0.6 is 0 Å². The van der Waals surface area contributed by atoms with Crippen LogP contribution in [0.25, 0.3) is 0 Å². The molecule has 104 valence electrons. The van der Waals surface area contributed by atoms with E-state index in [2.05, 4.69) is 28.6 Å². The molecule has 19 heavy (non-hydrogen) atoms. The fourth-order valence-electron chi connectivity index (χ4n) is 2.51. The Kier molecular flexibility index (Phi) is 4.37. The highest BCUT2D eigenvalue weighted by molar-refractivity contribution is 5.94. The van der Waals surface area contributed by atoms with Gasteiger partial charge in [0, 0.05) is 38.9 Å². The van der Waals surface area contributed by atoms with Gasteiger partial charge >= 0.3 is 5.97 Å². The molecule has 1 aliphatic rings. The lowest BCUT2D eigenvalue weighted by Crippen LogP contribution is -2.47. The number of carbonyl (C=O) groups is 1. The Labute approximate surface area is 113 Å². The first-order chi connectivity index (χ1) is 9.08. The van der Waals surface area contributed by atoms with E-state index in [9.17, 15) is 9.90 Å². The molecule has 0 unspecified atom stereocenters. The number of aromatic carboxylic acids is 1. The van der Waals surface area contributed by atoms with E-state index >= 15 is 0 Å². The van der Waals surface area contributed by atoms with Crippen LogP contribution in [0.3, 0.4) is 0 Å². The molecular formula is C14H21N3O2. The molecule has 2 heterocycles. The summed E-state index contributed by atoms with van der Waals surface area (Å²) in [4.78, 5) is 19.8. The number of aromatic nitrogens is 1. The Balaban J connectivity index is 2.04. The van der Waals surface area contributed by atoms with Crippen molar-refractivity contribution in [3.05, 3.63) is 24.0 Å². The summed E-state index contributed by atoms with van der Waals surface area (Å²) in [5.41, 5.74) is 1.08. The van der Waals surface area contributed by atoms with E-state index in [0.717, 1.165) is 38.4 Å². The van der Waals surface area contributed by atoms with E-state index in [4.69, 9.17) is 0 Å². The first-order valence-corrected chi connectivity index (χ1v) is 6.72. The quantitative estimate of drug-likeness (QED) is 0.893. The minimum Gasteiger partial charge on any atom is -0.478 e. The molecular weight excluding hydrogens is 242 g/mol. The van der Waals surface area contributed by atoms with Gasteiger partial charge in [-0.3, -0.25) is 9.88 Å². The van der Waals surface area contributed by atoms with Crippen LogP contribution < -0.4 is 4.90 Å². The van der Waals surface area contributed by atoms with E-state index in [1.165, 1.54) is 6.20 Å². The monoisotopic (exact) mass is 263 g/mol. The summed E-state index contributed by atoms with van der Waals surface area (Å²) in [6.45, 7) is 9.22. The normalized spacial score (nSPS) is 16.9. The third-order valence-corrected chi connectivity index (χ3v) is 3.37. The highest BCUT2D eigenvalue weighted by Crippen LogP contribution is 2.20. The maximum Gasteiger partial charge on any atom is 0.337 e. The molecule has 1 aliphatic heterocycles. The molecule has 1 aromatic rings. The molecule has 1 N–H and O–H groups in total. The van der Waals surface area contributed by atoms with Gasteiger partial charge in [0.25, 0.3) is 0 Å². The second-order valence-electron chi connectivity index (χ2n) is 5.38. The number of anilines is 1. The second-order valence-corrected chi connectivity index (χ2v) is 5.38. The van der Waals surface area contributed by atoms with Crippen molar-refractivity contribution in [3.63, 3.8) is 0 Å². The third-order valence-electron chi connectivity index (χ3n) is 3.37. The number of rotatable bonds is 4. The zero-order valence-electron chi connectivity index (χ0n) is 11.5. The molecule has 1 fully saturated rings. The summed E-state index contributed by atoms with van der Waals surface area (Å²) < 4.78 is 0. The van der Waals surface area contributed by atoms with Crippen LogP contribution in [0.1, 0.15) is 24.2 Å². The Hall–Kier alpha value is -1.62. The molecule has 0 aromatic carbocycles. The maximum absolute atomic E-state index is 11.2. The summed E-state index contributed by atoms with van der Waals surface area (Å²) >= 11 is 0. The molecule has 0 saturated carbocycles. The Bertz CT molecular complexity index is 440. The SMILES string of the molecule is CC(C)CN1CCN(c2cnccc2C(=O)O)CC1. The van der Waals surface area contributed by atoms with Crippen molar-refractivity contribution in [1.29, 1.82) is 0 Å². The number of hydrogen-bond donors (Lipinski definition) is 1. The summed E-state index contributed by atoms with van der Waals surface area (Å²) in [5.74, 6) is -0.221. The van der Waals surface area contributed by atoms with E-state index in [-0.39, 0.29) is 0 Å². The number of carboxylic acids is 1. The Morgan fingerprint density at radius 1 is 1.37 bits per heavy atom. The number of hydrogen-bond acceptors (Lipinski definition) is 4. The average molecular weight is 263 g/mol. The van der Waals surface area contributed by atoms with Gasteiger partial charge in [0.1, 0.15) is 0 Å². The topological polar surface area (TPSA) is 56.7 Å². The molecule has 0 atom stereocenters. The molecule has 0 radical (unpaired) electrons. The van der Waals surface area contributed by atoms with Gasteiger partial charge in [-0.2, -0.15) is 0 Å². The number of pyridine rings is 1. The van der Waals surface area contributed by atoms with Crippen LogP contribution in [0.5, 0.6) is 0 Å². The summed E-state index contributed by atoms with van der Waals surface area (Å²) in [6.07, 6.45) is 3.18. The van der Waals surface area contributed by atoms with Crippen molar-refractivity contribution in [2.75, 3.05) is 37.6 Å². The van der Waals surface area contributed by atoms with Gasteiger partial charge < -0.3 is 10.0 Å². The first-order valence-electron chi connectivity index (χ1n) is 6.72. The minimum absolute atomic E-state index is 0.340. The molecule has 1 saturated heterocycles. The van der Waals surface area contributed by atoms with Crippen LogP contribution in [-0.4, -0.2) is 53.7 Å². The standard InChI is InChI=1S/C14H21N3O2/c1-11(2)10-16-5-7-17(8-6-16)13-9-15-4-3-12(13)14(18)19/h3-4,9,11H,5-8,10H2,1-2H3,(H,18,19). The summed E-state index contributed by atoms with van der Waals surface area (Å²) in [6, 6.07) is 1.57. The smallest absolute Gasteiger partial charge is 0.337 e. The van der Waals surface area contributed by atoms with Crippen molar-refractivity contribution >= 4 is 11.7 Å². The molecule has 0 bridgehead atoms. The average Bonchev–Trinajstić information content (AvgIpc) is 2.39. The predicted octanol–water partition coefficient (Wildman–Crippen LogP) is 1.56. The molecule has 5 heteroatoms. The number of carboxylic acid groups (broad SMARTS) is 1. The Morgan fingerprint density at radius 3 is 2.63 bits per heavy atom. The van der Waals surface area contributed by atoms with Gasteiger partial charge in [-0.1, -0.05) is 13.8 Å². The largest absolute Gasteiger partial charge is 0.478 e. The minimum atomic E-state index is -0.887. The lowest BCUT2D eigenvalue weighted by atomic mass is 10.1. The van der Waals surface area contributed by atoms with Gasteiger partial charge in [-0.05, 0) is 12.0 Å². The zero-order valence-corrected chi connectivity index (χ0v) is 11.5. The van der Waals surface area contributed by atoms with Crippen LogP contribution in [0.2, 0.25) is 0 Å². The van der Waals surface area contributed by atoms with Crippen molar-refractivity contribution in [2.45, 2.75) is 13.8 Å². The van der Waals surface area contributed by atoms with Gasteiger partial charge in [0.05, 0.1) is 17.4 Å². The van der Waals surface area contributed by atoms with Crippen LogP contribution in [-0.2, 0) is 0 Å². The Morgan fingerprint density at radius 2 is 2.05 bits per heavy atom. The van der Waals surface area contributed by atoms with Crippen molar-refractivity contribution < 1.29 is 9.90 Å². The maximum atomic E-state index is 11.2. The lowest BCUT2D eigenvalue weighted by Gasteiger charge is -2.37. The second kappa shape index (κ2) is 6.02. The molecule has 0 spiro atoms. The van der Waals surface area contributed by atoms with E-state index in [1.807, 2.05) is 0 Å². The molecule has 1 aromatic heterocycles. The number of nitrogens with zero attached hydrogens (tertiary/aromatic N) is 3. The van der Waals surface area contributed by atoms with E-state index in [0.29, 0.717) is 11.5 Å². The lowest BCUT2D eigenvalue weighted by molar-refractivity contribution is 0.0697. The third kappa shape index (κ3) is 3.44. The van der Waals surface area contributed by atoms with E-state index in [1.54, 1.807) is 12.3 Å².